The molecular formula is BaBiCsO8P2. The van der Waals surface area contributed by atoms with Crippen LogP contribution in [0, 0.1) is 0 Å². The van der Waals surface area contributed by atoms with E-state index in [4.69, 9.17) is 38.5 Å². The van der Waals surface area contributed by atoms with Crippen molar-refractivity contribution in [1.82, 2.24) is 0 Å². The molecule has 0 fully saturated rings. The molecule has 0 heterocycles. The molecule has 0 aromatic rings. The summed E-state index contributed by atoms with van der Waals surface area (Å²) in [6.07, 6.45) is 0. The Balaban J connectivity index is -0.0000000267. The van der Waals surface area contributed by atoms with Gasteiger partial charge in [-0.25, -0.2) is 0 Å². The van der Waals surface area contributed by atoms with E-state index in [-0.39, 0.29) is 144 Å². The van der Waals surface area contributed by atoms with Gasteiger partial charge in [0.15, 0.2) is 0 Å². The first kappa shape index (κ1) is 30.6. The Bertz CT molecular complexity index is 134. The van der Waals surface area contributed by atoms with Crippen LogP contribution in [0.15, 0.2) is 0 Å². The summed E-state index contributed by atoms with van der Waals surface area (Å²) < 4.78 is 17.1. The standard InChI is InChI=1S/Ba.Bi.Cs.2H3O4P/c;;;2*1-5(2,3)4/h;;;2*(H3,1,2,3,4)/q+2;+3;+1;;/p-6. The molecule has 0 aliphatic heterocycles. The fourth-order valence-corrected chi connectivity index (χ4v) is 0. The topological polar surface area (TPSA) is 172 Å². The zero-order chi connectivity index (χ0) is 9.00. The van der Waals surface area contributed by atoms with Gasteiger partial charge in [-0.15, -0.1) is 0 Å². The Morgan fingerprint density at radius 3 is 0.692 bits per heavy atom. The van der Waals surface area contributed by atoms with Crippen LogP contribution in [0.25, 0.3) is 0 Å². The van der Waals surface area contributed by atoms with Crippen LogP contribution in [0.2, 0.25) is 0 Å². The zero-order valence-corrected chi connectivity index (χ0v) is 22.3. The van der Waals surface area contributed by atoms with Gasteiger partial charge in [0, 0.05) is 0 Å². The quantitative estimate of drug-likeness (QED) is 0.181. The van der Waals surface area contributed by atoms with Gasteiger partial charge in [-0.3, -0.25) is 0 Å². The maximum absolute atomic E-state index is 8.55. The summed E-state index contributed by atoms with van der Waals surface area (Å²) in [6, 6.07) is 0. The Morgan fingerprint density at radius 1 is 0.692 bits per heavy atom. The van der Waals surface area contributed by atoms with Crippen LogP contribution >= 0.6 is 15.6 Å². The fourth-order valence-electron chi connectivity index (χ4n) is 0. The molecule has 8 nitrogen and oxygen atoms in total. The predicted molar refractivity (Wildman–Crippen MR) is 26.7 cm³/mol. The molecule has 0 aromatic heterocycles. The van der Waals surface area contributed by atoms with Crippen molar-refractivity contribution in [2.45, 2.75) is 0 Å². The molecule has 0 unspecified atom stereocenters. The van der Waals surface area contributed by atoms with Crippen molar-refractivity contribution in [2.75, 3.05) is 0 Å². The van der Waals surface area contributed by atoms with Crippen molar-refractivity contribution in [1.29, 1.82) is 0 Å². The molecule has 0 amide bonds. The van der Waals surface area contributed by atoms with Crippen molar-refractivity contribution >= 4 is 90.7 Å². The molecule has 2 radical (unpaired) electrons. The minimum atomic E-state index is -5.39. The number of rotatable bonds is 0. The number of hydrogen-bond donors (Lipinski definition) is 0. The number of hydrogen-bond acceptors (Lipinski definition) is 8. The zero-order valence-electron chi connectivity index (χ0n) is 6.31. The SMILES string of the molecule is O=P([O-])([O-])[O-].O=P([O-])([O-])[O-].[Ba+2].[Bi+3].[Cs+]. The van der Waals surface area contributed by atoms with E-state index in [1.807, 2.05) is 0 Å². The molecule has 0 aliphatic rings. The summed E-state index contributed by atoms with van der Waals surface area (Å²) in [7, 11) is -10.8. The summed E-state index contributed by atoms with van der Waals surface area (Å²) >= 11 is 0. The Morgan fingerprint density at radius 2 is 0.692 bits per heavy atom. The average Bonchev–Trinajstić information content (AvgIpc) is 1.12. The van der Waals surface area contributed by atoms with Crippen LogP contribution in [0.3, 0.4) is 0 Å². The van der Waals surface area contributed by atoms with Crippen LogP contribution in [0.4, 0.5) is 0 Å². The van der Waals surface area contributed by atoms with Gasteiger partial charge in [0.1, 0.15) is 0 Å². The normalized spacial score (nSPS) is 9.08. The van der Waals surface area contributed by atoms with Gasteiger partial charge in [0.05, 0.1) is 0 Å². The van der Waals surface area contributed by atoms with Crippen molar-refractivity contribution in [3.8, 4) is 0 Å². The van der Waals surface area contributed by atoms with Gasteiger partial charge >= 0.3 is 144 Å². The predicted octanol–water partition coefficient (Wildman–Crippen LogP) is -9.41. The van der Waals surface area contributed by atoms with E-state index in [1.165, 1.54) is 0 Å². The van der Waals surface area contributed by atoms with Gasteiger partial charge in [-0.2, -0.15) is 15.6 Å². The average molecular weight is 669 g/mol. The molecule has 66 valence electrons. The summed E-state index contributed by atoms with van der Waals surface area (Å²) in [5.74, 6) is 0. The second-order valence-corrected chi connectivity index (χ2v) is 2.68. The Kier molecular flexibility index (Phi) is 34.8. The third kappa shape index (κ3) is 162. The van der Waals surface area contributed by atoms with Crippen molar-refractivity contribution in [3.63, 3.8) is 0 Å². The van der Waals surface area contributed by atoms with Gasteiger partial charge in [-0.1, -0.05) is 0 Å². The van der Waals surface area contributed by atoms with Crippen molar-refractivity contribution < 1.29 is 107 Å². The molecule has 13 heteroatoms. The van der Waals surface area contributed by atoms with E-state index in [1.54, 1.807) is 0 Å². The van der Waals surface area contributed by atoms with Gasteiger partial charge in [0.2, 0.25) is 0 Å². The van der Waals surface area contributed by atoms with Crippen molar-refractivity contribution in [3.05, 3.63) is 0 Å². The molecule has 0 aliphatic carbocycles. The minimum absolute atomic E-state index is 0. The minimum Gasteiger partial charge on any atom is -0.822 e. The summed E-state index contributed by atoms with van der Waals surface area (Å²) in [5.41, 5.74) is 0. The molecule has 0 rings (SSSR count). The summed E-state index contributed by atoms with van der Waals surface area (Å²) in [4.78, 5) is 51.3. The largest absolute Gasteiger partial charge is 3.00 e. The third-order valence-electron chi connectivity index (χ3n) is 0. The monoisotopic (exact) mass is 670 g/mol. The maximum atomic E-state index is 8.55. The number of phosphoric acid groups is 2. The first-order chi connectivity index (χ1) is 4.00. The summed E-state index contributed by atoms with van der Waals surface area (Å²) in [5, 5.41) is 0. The van der Waals surface area contributed by atoms with Crippen LogP contribution in [0.1, 0.15) is 0 Å². The van der Waals surface area contributed by atoms with E-state index in [0.717, 1.165) is 0 Å². The van der Waals surface area contributed by atoms with Gasteiger partial charge < -0.3 is 38.5 Å². The van der Waals surface area contributed by atoms with E-state index < -0.39 is 15.6 Å². The van der Waals surface area contributed by atoms with E-state index in [9.17, 15) is 0 Å². The van der Waals surface area contributed by atoms with Crippen molar-refractivity contribution in [2.24, 2.45) is 0 Å². The maximum Gasteiger partial charge on any atom is 3.00 e. The third-order valence-corrected chi connectivity index (χ3v) is 0. The first-order valence-electron chi connectivity index (χ1n) is 1.46. The molecule has 0 N–H and O–H groups in total. The fraction of sp³-hybridized carbons (Fsp3) is 0. The molecular weight excluding hydrogens is 669 g/mol. The van der Waals surface area contributed by atoms with Crippen LogP contribution < -0.4 is 98.3 Å². The van der Waals surface area contributed by atoms with E-state index in [0.29, 0.717) is 0 Å². The second kappa shape index (κ2) is 14.8. The second-order valence-electron chi connectivity index (χ2n) is 0.894. The van der Waals surface area contributed by atoms with E-state index in [2.05, 4.69) is 0 Å². The molecule has 0 saturated carbocycles. The summed E-state index contributed by atoms with van der Waals surface area (Å²) in [6.45, 7) is 0. The molecule has 13 heavy (non-hydrogen) atoms. The molecule has 0 aromatic carbocycles. The van der Waals surface area contributed by atoms with Gasteiger partial charge in [-0.05, 0) is 0 Å². The van der Waals surface area contributed by atoms with Crippen LogP contribution in [0.5, 0.6) is 0 Å². The first-order valence-corrected chi connectivity index (χ1v) is 4.38. The molecule has 0 atom stereocenters. The smallest absolute Gasteiger partial charge is 0.822 e. The Hall–Kier alpha value is 4.73. The molecule has 0 saturated heterocycles. The Labute approximate surface area is 192 Å². The van der Waals surface area contributed by atoms with Crippen LogP contribution in [-0.2, 0) is 9.13 Å². The van der Waals surface area contributed by atoms with Gasteiger partial charge in [0.25, 0.3) is 0 Å². The van der Waals surface area contributed by atoms with Crippen LogP contribution in [-0.4, -0.2) is 75.1 Å². The molecule has 0 bridgehead atoms. The van der Waals surface area contributed by atoms with E-state index >= 15 is 0 Å². The molecule has 0 spiro atoms.